The Hall–Kier alpha value is -1.26. The minimum Gasteiger partial charge on any atom is -0.478 e. The van der Waals surface area contributed by atoms with E-state index in [1.807, 2.05) is 20.8 Å². The van der Waals surface area contributed by atoms with Gasteiger partial charge in [0.25, 0.3) is 0 Å². The number of rotatable bonds is 6. The lowest BCUT2D eigenvalue weighted by Crippen LogP contribution is -2.40. The summed E-state index contributed by atoms with van der Waals surface area (Å²) in [6.45, 7) is 5.99. The summed E-state index contributed by atoms with van der Waals surface area (Å²) in [5.41, 5.74) is 0.818. The zero-order chi connectivity index (χ0) is 13.7. The minimum atomic E-state index is -0.988. The van der Waals surface area contributed by atoms with Crippen molar-refractivity contribution in [1.82, 2.24) is 5.32 Å². The van der Waals surface area contributed by atoms with Crippen molar-refractivity contribution < 1.29 is 14.6 Å². The van der Waals surface area contributed by atoms with Crippen LogP contribution in [0.5, 0.6) is 5.75 Å². The summed E-state index contributed by atoms with van der Waals surface area (Å²) in [4.78, 5) is 11.1. The summed E-state index contributed by atoms with van der Waals surface area (Å²) in [6.07, 6.45) is -0.910. The van der Waals surface area contributed by atoms with Crippen molar-refractivity contribution in [3.63, 3.8) is 0 Å². The molecule has 0 amide bonds. The largest absolute Gasteiger partial charge is 0.478 e. The van der Waals surface area contributed by atoms with Gasteiger partial charge in [0.1, 0.15) is 5.75 Å². The first-order valence-corrected chi connectivity index (χ1v) is 6.17. The van der Waals surface area contributed by atoms with E-state index < -0.39 is 12.1 Å². The average molecular weight is 272 g/mol. The Kier molecular flexibility index (Phi) is 5.44. The highest BCUT2D eigenvalue weighted by molar-refractivity contribution is 6.30. The highest BCUT2D eigenvalue weighted by Gasteiger charge is 2.20. The Bertz CT molecular complexity index is 421. The topological polar surface area (TPSA) is 58.6 Å². The number of carboxylic acids is 1. The van der Waals surface area contributed by atoms with E-state index in [-0.39, 0.29) is 12.6 Å². The molecular formula is C13H18ClNO3. The number of halogens is 1. The van der Waals surface area contributed by atoms with Gasteiger partial charge in [-0.25, -0.2) is 4.79 Å². The van der Waals surface area contributed by atoms with E-state index in [4.69, 9.17) is 21.4 Å². The zero-order valence-electron chi connectivity index (χ0n) is 10.7. The van der Waals surface area contributed by atoms with E-state index >= 15 is 0 Å². The zero-order valence-corrected chi connectivity index (χ0v) is 11.5. The van der Waals surface area contributed by atoms with E-state index in [1.54, 1.807) is 18.2 Å². The number of hydrogen-bond donors (Lipinski definition) is 2. The van der Waals surface area contributed by atoms with Gasteiger partial charge in [-0.2, -0.15) is 0 Å². The Morgan fingerprint density at radius 3 is 2.67 bits per heavy atom. The molecule has 1 aromatic carbocycles. The number of nitrogens with one attached hydrogen (secondary N) is 1. The molecule has 0 aliphatic rings. The van der Waals surface area contributed by atoms with Gasteiger partial charge >= 0.3 is 5.97 Å². The van der Waals surface area contributed by atoms with Gasteiger partial charge in [-0.1, -0.05) is 25.4 Å². The third-order valence-corrected chi connectivity index (χ3v) is 2.63. The number of carbonyl (C=O) groups is 1. The van der Waals surface area contributed by atoms with E-state index in [2.05, 4.69) is 5.32 Å². The molecule has 1 rings (SSSR count). The third-order valence-electron chi connectivity index (χ3n) is 2.39. The van der Waals surface area contributed by atoms with Crippen molar-refractivity contribution >= 4 is 17.6 Å². The maximum atomic E-state index is 11.1. The standard InChI is InChI=1S/C13H18ClNO3/c1-8(2)15-7-12(13(16)17)18-11-5-4-10(14)6-9(11)3/h4-6,8,12,15H,7H2,1-3H3,(H,16,17). The lowest BCUT2D eigenvalue weighted by molar-refractivity contribution is -0.144. The Balaban J connectivity index is 2.73. The van der Waals surface area contributed by atoms with Crippen molar-refractivity contribution in [3.05, 3.63) is 28.8 Å². The smallest absolute Gasteiger partial charge is 0.346 e. The summed E-state index contributed by atoms with van der Waals surface area (Å²) in [5, 5.41) is 12.8. The van der Waals surface area contributed by atoms with Crippen molar-refractivity contribution in [2.75, 3.05) is 6.54 Å². The second-order valence-corrected chi connectivity index (χ2v) is 4.85. The molecule has 0 saturated heterocycles. The molecule has 0 fully saturated rings. The summed E-state index contributed by atoms with van der Waals surface area (Å²) in [5.74, 6) is -0.449. The minimum absolute atomic E-state index is 0.210. The van der Waals surface area contributed by atoms with Crippen LogP contribution in [0, 0.1) is 6.92 Å². The first kappa shape index (κ1) is 14.8. The molecule has 0 saturated carbocycles. The van der Waals surface area contributed by atoms with Crippen LogP contribution in [0.1, 0.15) is 19.4 Å². The fraction of sp³-hybridized carbons (Fsp3) is 0.462. The number of hydrogen-bond acceptors (Lipinski definition) is 3. The van der Waals surface area contributed by atoms with Crippen molar-refractivity contribution in [2.45, 2.75) is 32.9 Å². The van der Waals surface area contributed by atoms with Gasteiger partial charge in [0.05, 0.1) is 0 Å². The van der Waals surface area contributed by atoms with Gasteiger partial charge in [0, 0.05) is 17.6 Å². The van der Waals surface area contributed by atoms with Crippen LogP contribution in [0.2, 0.25) is 5.02 Å². The molecule has 100 valence electrons. The van der Waals surface area contributed by atoms with Crippen LogP contribution in [-0.4, -0.2) is 29.8 Å². The van der Waals surface area contributed by atoms with E-state index in [0.717, 1.165) is 5.56 Å². The molecule has 0 heterocycles. The van der Waals surface area contributed by atoms with E-state index in [9.17, 15) is 4.79 Å². The van der Waals surface area contributed by atoms with E-state index in [1.165, 1.54) is 0 Å². The SMILES string of the molecule is Cc1cc(Cl)ccc1OC(CNC(C)C)C(=O)O. The van der Waals surface area contributed by atoms with Gasteiger partial charge < -0.3 is 15.2 Å². The Labute approximate surface area is 112 Å². The number of aliphatic carboxylic acids is 1. The summed E-state index contributed by atoms with van der Waals surface area (Å²) in [6, 6.07) is 5.31. The molecular weight excluding hydrogens is 254 g/mol. The van der Waals surface area contributed by atoms with Crippen molar-refractivity contribution in [3.8, 4) is 5.75 Å². The summed E-state index contributed by atoms with van der Waals surface area (Å²) >= 11 is 5.83. The fourth-order valence-electron chi connectivity index (χ4n) is 1.42. The van der Waals surface area contributed by atoms with Crippen LogP contribution in [0.15, 0.2) is 18.2 Å². The molecule has 2 N–H and O–H groups in total. The normalized spacial score (nSPS) is 12.5. The summed E-state index contributed by atoms with van der Waals surface area (Å²) < 4.78 is 5.49. The monoisotopic (exact) mass is 271 g/mol. The molecule has 0 aromatic heterocycles. The lowest BCUT2D eigenvalue weighted by Gasteiger charge is -2.18. The van der Waals surface area contributed by atoms with Gasteiger partial charge in [-0.3, -0.25) is 0 Å². The van der Waals surface area contributed by atoms with Crippen LogP contribution < -0.4 is 10.1 Å². The molecule has 0 aliphatic carbocycles. The van der Waals surface area contributed by atoms with Gasteiger partial charge in [-0.05, 0) is 30.7 Å². The molecule has 4 nitrogen and oxygen atoms in total. The quantitative estimate of drug-likeness (QED) is 0.835. The molecule has 0 aliphatic heterocycles. The van der Waals surface area contributed by atoms with Crippen molar-refractivity contribution in [1.29, 1.82) is 0 Å². The van der Waals surface area contributed by atoms with Crippen LogP contribution in [0.4, 0.5) is 0 Å². The molecule has 1 aromatic rings. The molecule has 0 spiro atoms. The predicted molar refractivity (Wildman–Crippen MR) is 71.4 cm³/mol. The maximum absolute atomic E-state index is 11.1. The van der Waals surface area contributed by atoms with Crippen LogP contribution in [-0.2, 0) is 4.79 Å². The van der Waals surface area contributed by atoms with Crippen LogP contribution in [0.3, 0.4) is 0 Å². The van der Waals surface area contributed by atoms with Crippen LogP contribution in [0.25, 0.3) is 0 Å². The van der Waals surface area contributed by atoms with Gasteiger partial charge in [0.2, 0.25) is 6.10 Å². The number of carboxylic acid groups (broad SMARTS) is 1. The van der Waals surface area contributed by atoms with Crippen LogP contribution >= 0.6 is 11.6 Å². The number of ether oxygens (including phenoxy) is 1. The van der Waals surface area contributed by atoms with Crippen molar-refractivity contribution in [2.24, 2.45) is 0 Å². The summed E-state index contributed by atoms with van der Waals surface area (Å²) in [7, 11) is 0. The average Bonchev–Trinajstić information content (AvgIpc) is 2.26. The highest BCUT2D eigenvalue weighted by atomic mass is 35.5. The molecule has 0 radical (unpaired) electrons. The Morgan fingerprint density at radius 2 is 2.17 bits per heavy atom. The molecule has 1 unspecified atom stereocenters. The molecule has 5 heteroatoms. The second-order valence-electron chi connectivity index (χ2n) is 4.42. The lowest BCUT2D eigenvalue weighted by atomic mass is 10.2. The highest BCUT2D eigenvalue weighted by Crippen LogP contribution is 2.22. The maximum Gasteiger partial charge on any atom is 0.346 e. The number of aryl methyl sites for hydroxylation is 1. The van der Waals surface area contributed by atoms with E-state index in [0.29, 0.717) is 10.8 Å². The third kappa shape index (κ3) is 4.55. The molecule has 0 bridgehead atoms. The molecule has 1 atom stereocenters. The van der Waals surface area contributed by atoms with Gasteiger partial charge in [0.15, 0.2) is 0 Å². The fourth-order valence-corrected chi connectivity index (χ4v) is 1.65. The first-order valence-electron chi connectivity index (χ1n) is 5.79. The number of benzene rings is 1. The van der Waals surface area contributed by atoms with Gasteiger partial charge in [-0.15, -0.1) is 0 Å². The first-order chi connectivity index (χ1) is 8.40. The predicted octanol–water partition coefficient (Wildman–Crippen LogP) is 2.48. The second kappa shape index (κ2) is 6.61. The molecule has 18 heavy (non-hydrogen) atoms. The Morgan fingerprint density at radius 1 is 1.50 bits per heavy atom.